The second-order valence-electron chi connectivity index (χ2n) is 6.05. The fourth-order valence-electron chi connectivity index (χ4n) is 2.29. The molecule has 0 bridgehead atoms. The topological polar surface area (TPSA) is 70.7 Å². The number of amides is 3. The van der Waals surface area contributed by atoms with Crippen LogP contribution in [0.4, 0.5) is 10.5 Å². The van der Waals surface area contributed by atoms with E-state index >= 15 is 0 Å². The number of carbonyl (C=O) groups excluding carboxylic acids is 2. The highest BCUT2D eigenvalue weighted by Crippen LogP contribution is 2.12. The van der Waals surface area contributed by atoms with Crippen molar-refractivity contribution in [2.45, 2.75) is 20.3 Å². The Morgan fingerprint density at radius 1 is 1.17 bits per heavy atom. The van der Waals surface area contributed by atoms with Crippen LogP contribution in [0.15, 0.2) is 24.3 Å². The van der Waals surface area contributed by atoms with Crippen LogP contribution in [0.1, 0.15) is 30.6 Å². The summed E-state index contributed by atoms with van der Waals surface area (Å²) in [4.78, 5) is 25.8. The summed E-state index contributed by atoms with van der Waals surface area (Å²) in [5.41, 5.74) is 1.29. The monoisotopic (exact) mass is 319 g/mol. The highest BCUT2D eigenvalue weighted by Gasteiger charge is 2.18. The van der Waals surface area contributed by atoms with Gasteiger partial charge in [-0.25, -0.2) is 4.79 Å². The second-order valence-corrected chi connectivity index (χ2v) is 6.05. The fraction of sp³-hybridized carbons (Fsp3) is 0.529. The summed E-state index contributed by atoms with van der Waals surface area (Å²) in [5.74, 6) is 0.557. The number of carbonyl (C=O) groups is 2. The molecule has 126 valence electrons. The van der Waals surface area contributed by atoms with Crippen LogP contribution in [0.25, 0.3) is 0 Å². The second kappa shape index (κ2) is 8.53. The van der Waals surface area contributed by atoms with E-state index in [2.05, 4.69) is 24.5 Å². The summed E-state index contributed by atoms with van der Waals surface area (Å²) in [6.45, 7) is 7.29. The molecule has 2 rings (SSSR count). The summed E-state index contributed by atoms with van der Waals surface area (Å²) in [5, 5.41) is 5.58. The van der Waals surface area contributed by atoms with E-state index in [0.29, 0.717) is 50.0 Å². The quantitative estimate of drug-likeness (QED) is 0.875. The Balaban J connectivity index is 1.84. The number of nitrogens with one attached hydrogen (secondary N) is 2. The molecular weight excluding hydrogens is 294 g/mol. The zero-order valence-electron chi connectivity index (χ0n) is 13.8. The van der Waals surface area contributed by atoms with Gasteiger partial charge in [0.05, 0.1) is 13.2 Å². The molecular formula is C17H25N3O3. The van der Waals surface area contributed by atoms with E-state index in [1.807, 2.05) is 0 Å². The predicted octanol–water partition coefficient (Wildman–Crippen LogP) is 2.33. The predicted molar refractivity (Wildman–Crippen MR) is 89.6 cm³/mol. The number of benzene rings is 1. The van der Waals surface area contributed by atoms with Crippen molar-refractivity contribution in [2.24, 2.45) is 5.92 Å². The Hall–Kier alpha value is -2.08. The lowest BCUT2D eigenvalue weighted by Crippen LogP contribution is -2.40. The molecule has 6 heteroatoms. The highest BCUT2D eigenvalue weighted by molar-refractivity contribution is 5.95. The number of urea groups is 1. The lowest BCUT2D eigenvalue weighted by Gasteiger charge is -2.26. The standard InChI is InChI=1S/C17H25N3O3/c1-13(2)7-8-18-17(22)19-15-5-3-14(4-6-15)16(21)20-9-11-23-12-10-20/h3-6,13H,7-12H2,1-2H3,(H2,18,19,22). The fourth-order valence-corrected chi connectivity index (χ4v) is 2.29. The van der Waals surface area contributed by atoms with Crippen LogP contribution in [0.5, 0.6) is 0 Å². The van der Waals surface area contributed by atoms with Gasteiger partial charge in [0.15, 0.2) is 0 Å². The Morgan fingerprint density at radius 3 is 2.43 bits per heavy atom. The lowest BCUT2D eigenvalue weighted by molar-refractivity contribution is 0.0303. The molecule has 1 heterocycles. The van der Waals surface area contributed by atoms with Gasteiger partial charge in [-0.15, -0.1) is 0 Å². The minimum Gasteiger partial charge on any atom is -0.378 e. The van der Waals surface area contributed by atoms with Crippen molar-refractivity contribution < 1.29 is 14.3 Å². The highest BCUT2D eigenvalue weighted by atomic mass is 16.5. The van der Waals surface area contributed by atoms with E-state index in [1.54, 1.807) is 29.2 Å². The van der Waals surface area contributed by atoms with Gasteiger partial charge in [0.1, 0.15) is 0 Å². The number of nitrogens with zero attached hydrogens (tertiary/aromatic N) is 1. The van der Waals surface area contributed by atoms with Crippen LogP contribution in [-0.2, 0) is 4.74 Å². The minimum absolute atomic E-state index is 0.00114. The van der Waals surface area contributed by atoms with Crippen molar-refractivity contribution in [2.75, 3.05) is 38.2 Å². The van der Waals surface area contributed by atoms with E-state index in [4.69, 9.17) is 4.74 Å². The average Bonchev–Trinajstić information content (AvgIpc) is 2.55. The van der Waals surface area contributed by atoms with Gasteiger partial charge in [0.25, 0.3) is 5.91 Å². The number of hydrogen-bond donors (Lipinski definition) is 2. The van der Waals surface area contributed by atoms with Crippen LogP contribution >= 0.6 is 0 Å². The van der Waals surface area contributed by atoms with Gasteiger partial charge in [-0.05, 0) is 36.6 Å². The Labute approximate surface area is 137 Å². The van der Waals surface area contributed by atoms with Crippen molar-refractivity contribution in [3.05, 3.63) is 29.8 Å². The Kier molecular flexibility index (Phi) is 6.40. The molecule has 1 fully saturated rings. The first-order chi connectivity index (χ1) is 11.1. The smallest absolute Gasteiger partial charge is 0.319 e. The molecule has 23 heavy (non-hydrogen) atoms. The van der Waals surface area contributed by atoms with Crippen LogP contribution in [0, 0.1) is 5.92 Å². The third kappa shape index (κ3) is 5.56. The van der Waals surface area contributed by atoms with E-state index in [-0.39, 0.29) is 11.9 Å². The van der Waals surface area contributed by atoms with Gasteiger partial charge in [-0.2, -0.15) is 0 Å². The molecule has 0 atom stereocenters. The van der Waals surface area contributed by atoms with Crippen LogP contribution in [0.3, 0.4) is 0 Å². The minimum atomic E-state index is -0.224. The molecule has 1 aliphatic rings. The number of anilines is 1. The van der Waals surface area contributed by atoms with Crippen LogP contribution in [-0.4, -0.2) is 49.7 Å². The maximum Gasteiger partial charge on any atom is 0.319 e. The molecule has 6 nitrogen and oxygen atoms in total. The molecule has 2 N–H and O–H groups in total. The summed E-state index contributed by atoms with van der Waals surface area (Å²) in [6.07, 6.45) is 0.945. The first-order valence-corrected chi connectivity index (χ1v) is 8.08. The van der Waals surface area contributed by atoms with Gasteiger partial charge >= 0.3 is 6.03 Å². The van der Waals surface area contributed by atoms with Crippen LogP contribution in [0.2, 0.25) is 0 Å². The molecule has 0 radical (unpaired) electrons. The maximum atomic E-state index is 12.3. The summed E-state index contributed by atoms with van der Waals surface area (Å²) < 4.78 is 5.25. The van der Waals surface area contributed by atoms with E-state index in [1.165, 1.54) is 0 Å². The van der Waals surface area contributed by atoms with E-state index < -0.39 is 0 Å². The SMILES string of the molecule is CC(C)CCNC(=O)Nc1ccc(C(=O)N2CCOCC2)cc1. The maximum absolute atomic E-state index is 12.3. The third-order valence-electron chi connectivity index (χ3n) is 3.70. The molecule has 1 saturated heterocycles. The molecule has 1 aromatic rings. The summed E-state index contributed by atoms with van der Waals surface area (Å²) in [7, 11) is 0. The van der Waals surface area contributed by atoms with Crippen molar-refractivity contribution in [1.82, 2.24) is 10.2 Å². The van der Waals surface area contributed by atoms with Crippen molar-refractivity contribution in [3.63, 3.8) is 0 Å². The molecule has 0 saturated carbocycles. The Morgan fingerprint density at radius 2 is 1.83 bits per heavy atom. The molecule has 1 aliphatic heterocycles. The van der Waals surface area contributed by atoms with Gasteiger partial charge in [-0.1, -0.05) is 13.8 Å². The molecule has 0 spiro atoms. The first-order valence-electron chi connectivity index (χ1n) is 8.08. The normalized spacial score (nSPS) is 14.7. The van der Waals surface area contributed by atoms with Crippen molar-refractivity contribution in [3.8, 4) is 0 Å². The van der Waals surface area contributed by atoms with Gasteiger partial charge in [0.2, 0.25) is 0 Å². The number of hydrogen-bond acceptors (Lipinski definition) is 3. The number of ether oxygens (including phenoxy) is 1. The lowest BCUT2D eigenvalue weighted by atomic mass is 10.1. The van der Waals surface area contributed by atoms with Crippen LogP contribution < -0.4 is 10.6 Å². The van der Waals surface area contributed by atoms with E-state index in [9.17, 15) is 9.59 Å². The average molecular weight is 319 g/mol. The zero-order valence-corrected chi connectivity index (χ0v) is 13.8. The molecule has 0 unspecified atom stereocenters. The molecule has 0 aliphatic carbocycles. The van der Waals surface area contributed by atoms with Crippen molar-refractivity contribution in [1.29, 1.82) is 0 Å². The molecule has 0 aromatic heterocycles. The molecule has 3 amide bonds. The summed E-state index contributed by atoms with van der Waals surface area (Å²) in [6, 6.07) is 6.74. The number of morpholine rings is 1. The van der Waals surface area contributed by atoms with Crippen molar-refractivity contribution >= 4 is 17.6 Å². The Bertz CT molecular complexity index is 522. The van der Waals surface area contributed by atoms with Gasteiger partial charge in [-0.3, -0.25) is 4.79 Å². The van der Waals surface area contributed by atoms with E-state index in [0.717, 1.165) is 6.42 Å². The third-order valence-corrected chi connectivity index (χ3v) is 3.70. The van der Waals surface area contributed by atoms with Gasteiger partial charge in [0, 0.05) is 30.9 Å². The zero-order chi connectivity index (χ0) is 16.7. The summed E-state index contributed by atoms with van der Waals surface area (Å²) >= 11 is 0. The van der Waals surface area contributed by atoms with Gasteiger partial charge < -0.3 is 20.3 Å². The first kappa shape index (κ1) is 17.3. The molecule has 1 aromatic carbocycles. The largest absolute Gasteiger partial charge is 0.378 e. The number of rotatable bonds is 5.